The molecular weight excluding hydrogens is 261 g/mol. The molecule has 0 saturated heterocycles. The largest absolute Gasteiger partial charge is 0.495 e. The summed E-state index contributed by atoms with van der Waals surface area (Å²) in [7, 11) is -0.840. The number of methoxy groups -OCH3 is 1. The maximum atomic E-state index is 13.8. The molecular formula is C11H16FNO4S. The zero-order valence-electron chi connectivity index (χ0n) is 10.4. The number of hydrogen-bond acceptors (Lipinski definition) is 5. The van der Waals surface area contributed by atoms with Crippen LogP contribution in [0.15, 0.2) is 17.0 Å². The quantitative estimate of drug-likeness (QED) is 0.819. The number of aliphatic hydroxyl groups excluding tert-OH is 1. The van der Waals surface area contributed by atoms with Crippen molar-refractivity contribution in [3.63, 3.8) is 0 Å². The zero-order chi connectivity index (χ0) is 13.9. The second-order valence-corrected chi connectivity index (χ2v) is 5.83. The first-order valence-electron chi connectivity index (χ1n) is 5.21. The monoisotopic (exact) mass is 277 g/mol. The molecule has 0 radical (unpaired) electrons. The Bertz CT molecular complexity index is 530. The standard InChI is InChI=1S/C11H16FNO4S/c1-13-6-9(14)7-4-8(12)11(18(3,15)16)10(5-7)17-2/h4-5,9,13-14H,6H2,1-3H3. The molecule has 1 atom stereocenters. The molecule has 7 heteroatoms. The Morgan fingerprint density at radius 3 is 2.56 bits per heavy atom. The van der Waals surface area contributed by atoms with Crippen LogP contribution >= 0.6 is 0 Å². The number of likely N-dealkylation sites (N-methyl/N-ethyl adjacent to an activating group) is 1. The number of aliphatic hydroxyl groups is 1. The maximum Gasteiger partial charge on any atom is 0.182 e. The van der Waals surface area contributed by atoms with Gasteiger partial charge in [0, 0.05) is 12.8 Å². The van der Waals surface area contributed by atoms with Crippen molar-refractivity contribution in [2.24, 2.45) is 0 Å². The van der Waals surface area contributed by atoms with Gasteiger partial charge in [0.2, 0.25) is 0 Å². The number of nitrogens with one attached hydrogen (secondary N) is 1. The van der Waals surface area contributed by atoms with E-state index in [1.807, 2.05) is 0 Å². The second-order valence-electron chi connectivity index (χ2n) is 3.88. The highest BCUT2D eigenvalue weighted by molar-refractivity contribution is 7.90. The van der Waals surface area contributed by atoms with Gasteiger partial charge in [-0.15, -0.1) is 0 Å². The van der Waals surface area contributed by atoms with E-state index >= 15 is 0 Å². The summed E-state index contributed by atoms with van der Waals surface area (Å²) in [4.78, 5) is -0.495. The highest BCUT2D eigenvalue weighted by atomic mass is 32.2. The van der Waals surface area contributed by atoms with Crippen molar-refractivity contribution < 1.29 is 22.7 Å². The van der Waals surface area contributed by atoms with E-state index in [0.717, 1.165) is 12.3 Å². The average molecular weight is 277 g/mol. The third kappa shape index (κ3) is 3.18. The molecule has 0 amide bonds. The molecule has 2 N–H and O–H groups in total. The van der Waals surface area contributed by atoms with Crippen molar-refractivity contribution in [2.75, 3.05) is 27.0 Å². The van der Waals surface area contributed by atoms with Crippen LogP contribution in [0.25, 0.3) is 0 Å². The van der Waals surface area contributed by atoms with E-state index < -0.39 is 26.7 Å². The van der Waals surface area contributed by atoms with Crippen LogP contribution < -0.4 is 10.1 Å². The van der Waals surface area contributed by atoms with E-state index in [9.17, 15) is 17.9 Å². The third-order valence-electron chi connectivity index (χ3n) is 2.40. The lowest BCUT2D eigenvalue weighted by atomic mass is 10.1. The molecule has 0 aliphatic carbocycles. The van der Waals surface area contributed by atoms with Crippen LogP contribution in [0.4, 0.5) is 4.39 Å². The number of rotatable bonds is 5. The van der Waals surface area contributed by atoms with Crippen molar-refractivity contribution in [1.29, 1.82) is 0 Å². The Balaban J connectivity index is 3.36. The minimum Gasteiger partial charge on any atom is -0.495 e. The van der Waals surface area contributed by atoms with Gasteiger partial charge in [0.05, 0.1) is 13.2 Å². The molecule has 0 aromatic heterocycles. The van der Waals surface area contributed by atoms with Crippen molar-refractivity contribution in [3.8, 4) is 5.75 Å². The van der Waals surface area contributed by atoms with Gasteiger partial charge in [0.1, 0.15) is 16.5 Å². The van der Waals surface area contributed by atoms with E-state index in [4.69, 9.17) is 4.74 Å². The number of ether oxygens (including phenoxy) is 1. The van der Waals surface area contributed by atoms with E-state index in [-0.39, 0.29) is 17.9 Å². The van der Waals surface area contributed by atoms with Gasteiger partial charge in [-0.1, -0.05) is 0 Å². The van der Waals surface area contributed by atoms with Gasteiger partial charge in [-0.2, -0.15) is 0 Å². The molecule has 0 spiro atoms. The summed E-state index contributed by atoms with van der Waals surface area (Å²) in [5, 5.41) is 12.5. The van der Waals surface area contributed by atoms with Gasteiger partial charge in [-0.25, -0.2) is 12.8 Å². The smallest absolute Gasteiger partial charge is 0.182 e. The predicted molar refractivity (Wildman–Crippen MR) is 64.9 cm³/mol. The van der Waals surface area contributed by atoms with E-state index in [2.05, 4.69) is 5.32 Å². The molecule has 0 aliphatic heterocycles. The molecule has 0 bridgehead atoms. The summed E-state index contributed by atoms with van der Waals surface area (Å²) in [5.74, 6) is -1.04. The van der Waals surface area contributed by atoms with Crippen LogP contribution in [0.2, 0.25) is 0 Å². The summed E-state index contributed by atoms with van der Waals surface area (Å²) in [6, 6.07) is 2.32. The van der Waals surface area contributed by atoms with E-state index in [1.54, 1.807) is 7.05 Å². The summed E-state index contributed by atoms with van der Waals surface area (Å²) in [6.45, 7) is 0.223. The predicted octanol–water partition coefficient (Wildman–Crippen LogP) is 0.491. The molecule has 0 fully saturated rings. The molecule has 1 aromatic rings. The first-order chi connectivity index (χ1) is 8.31. The molecule has 18 heavy (non-hydrogen) atoms. The van der Waals surface area contributed by atoms with Gasteiger partial charge in [0.25, 0.3) is 0 Å². The lowest BCUT2D eigenvalue weighted by molar-refractivity contribution is 0.176. The summed E-state index contributed by atoms with van der Waals surface area (Å²) < 4.78 is 41.6. The first kappa shape index (κ1) is 14.9. The minimum absolute atomic E-state index is 0.109. The minimum atomic E-state index is -3.73. The normalized spacial score (nSPS) is 13.4. The Morgan fingerprint density at radius 2 is 2.11 bits per heavy atom. The van der Waals surface area contributed by atoms with Gasteiger partial charge in [-0.3, -0.25) is 0 Å². The molecule has 0 aliphatic rings. The highest BCUT2D eigenvalue weighted by Gasteiger charge is 2.22. The zero-order valence-corrected chi connectivity index (χ0v) is 11.2. The van der Waals surface area contributed by atoms with Crippen LogP contribution in [-0.2, 0) is 9.84 Å². The highest BCUT2D eigenvalue weighted by Crippen LogP contribution is 2.30. The molecule has 1 unspecified atom stereocenters. The van der Waals surface area contributed by atoms with Crippen LogP contribution in [0.1, 0.15) is 11.7 Å². The van der Waals surface area contributed by atoms with Crippen molar-refractivity contribution in [2.45, 2.75) is 11.0 Å². The SMILES string of the molecule is CNCC(O)c1cc(F)c(S(C)(=O)=O)c(OC)c1. The van der Waals surface area contributed by atoms with Crippen LogP contribution in [0.5, 0.6) is 5.75 Å². The fourth-order valence-electron chi connectivity index (χ4n) is 1.60. The average Bonchev–Trinajstić information content (AvgIpc) is 2.26. The van der Waals surface area contributed by atoms with Gasteiger partial charge in [-0.05, 0) is 24.7 Å². The second kappa shape index (κ2) is 5.64. The van der Waals surface area contributed by atoms with Crippen molar-refractivity contribution in [1.82, 2.24) is 5.32 Å². The molecule has 1 rings (SSSR count). The first-order valence-corrected chi connectivity index (χ1v) is 7.10. The topological polar surface area (TPSA) is 75.6 Å². The Kier molecular flexibility index (Phi) is 4.66. The fraction of sp³-hybridized carbons (Fsp3) is 0.455. The Morgan fingerprint density at radius 1 is 1.50 bits per heavy atom. The fourth-order valence-corrected chi connectivity index (χ4v) is 2.52. The molecule has 0 saturated carbocycles. The number of hydrogen-bond donors (Lipinski definition) is 2. The van der Waals surface area contributed by atoms with E-state index in [0.29, 0.717) is 0 Å². The molecule has 5 nitrogen and oxygen atoms in total. The van der Waals surface area contributed by atoms with Crippen LogP contribution in [0, 0.1) is 5.82 Å². The van der Waals surface area contributed by atoms with Crippen LogP contribution in [-0.4, -0.2) is 40.5 Å². The lowest BCUT2D eigenvalue weighted by Gasteiger charge is -2.14. The number of halogens is 1. The van der Waals surface area contributed by atoms with Crippen molar-refractivity contribution in [3.05, 3.63) is 23.5 Å². The lowest BCUT2D eigenvalue weighted by Crippen LogP contribution is -2.17. The van der Waals surface area contributed by atoms with Gasteiger partial charge < -0.3 is 15.2 Å². The number of benzene rings is 1. The Labute approximate surface area is 106 Å². The van der Waals surface area contributed by atoms with Crippen molar-refractivity contribution >= 4 is 9.84 Å². The van der Waals surface area contributed by atoms with Crippen LogP contribution in [0.3, 0.4) is 0 Å². The van der Waals surface area contributed by atoms with Gasteiger partial charge >= 0.3 is 0 Å². The summed E-state index contributed by atoms with van der Waals surface area (Å²) >= 11 is 0. The summed E-state index contributed by atoms with van der Waals surface area (Å²) in [6.07, 6.45) is -0.0375. The number of sulfone groups is 1. The molecule has 1 aromatic carbocycles. The maximum absolute atomic E-state index is 13.8. The molecule has 0 heterocycles. The summed E-state index contributed by atoms with van der Waals surface area (Å²) in [5.41, 5.74) is 0.256. The Hall–Kier alpha value is -1.18. The molecule has 102 valence electrons. The van der Waals surface area contributed by atoms with Gasteiger partial charge in [0.15, 0.2) is 9.84 Å². The third-order valence-corrected chi connectivity index (χ3v) is 3.54. The van der Waals surface area contributed by atoms with E-state index in [1.165, 1.54) is 13.2 Å².